The summed E-state index contributed by atoms with van der Waals surface area (Å²) in [6.07, 6.45) is 1.20. The highest BCUT2D eigenvalue weighted by molar-refractivity contribution is 5.87. The lowest BCUT2D eigenvalue weighted by Gasteiger charge is -2.08. The van der Waals surface area contributed by atoms with Crippen molar-refractivity contribution < 1.29 is 23.1 Å². The van der Waals surface area contributed by atoms with Crippen LogP contribution in [0.15, 0.2) is 22.8 Å². The summed E-state index contributed by atoms with van der Waals surface area (Å²) < 4.78 is 31.7. The molecule has 84 valence electrons. The Labute approximate surface area is 89.3 Å². The molecule has 5 heteroatoms. The van der Waals surface area contributed by atoms with Crippen molar-refractivity contribution in [1.82, 2.24) is 0 Å². The number of halogens is 2. The van der Waals surface area contributed by atoms with Crippen molar-refractivity contribution in [3.63, 3.8) is 0 Å². The average molecular weight is 226 g/mol. The van der Waals surface area contributed by atoms with Crippen molar-refractivity contribution in [1.29, 1.82) is 0 Å². The predicted octanol–water partition coefficient (Wildman–Crippen LogP) is 2.90. The van der Waals surface area contributed by atoms with Gasteiger partial charge < -0.3 is 9.52 Å². The maximum absolute atomic E-state index is 13.5. The van der Waals surface area contributed by atoms with Gasteiger partial charge in [0.1, 0.15) is 17.2 Å². The second kappa shape index (κ2) is 3.59. The van der Waals surface area contributed by atoms with Crippen LogP contribution in [-0.4, -0.2) is 11.1 Å². The van der Waals surface area contributed by atoms with Gasteiger partial charge in [0.25, 0.3) is 0 Å². The van der Waals surface area contributed by atoms with Crippen molar-refractivity contribution in [3.05, 3.63) is 35.6 Å². The summed E-state index contributed by atoms with van der Waals surface area (Å²) in [6, 6.07) is 2.01. The van der Waals surface area contributed by atoms with Crippen LogP contribution < -0.4 is 0 Å². The Morgan fingerprint density at radius 1 is 1.44 bits per heavy atom. The maximum atomic E-state index is 13.5. The number of hydrogen-bond acceptors (Lipinski definition) is 2. The van der Waals surface area contributed by atoms with Crippen LogP contribution in [-0.2, 0) is 4.79 Å². The Morgan fingerprint density at radius 2 is 2.12 bits per heavy atom. The molecule has 0 amide bonds. The summed E-state index contributed by atoms with van der Waals surface area (Å²) >= 11 is 0. The summed E-state index contributed by atoms with van der Waals surface area (Å²) in [5, 5.41) is 8.91. The molecule has 0 bridgehead atoms. The normalized spacial score (nSPS) is 12.9. The van der Waals surface area contributed by atoms with E-state index in [1.54, 1.807) is 0 Å². The summed E-state index contributed by atoms with van der Waals surface area (Å²) in [5.41, 5.74) is -0.179. The standard InChI is InChI=1S/C11H8F2O3/c1-5(11(14)15)9-8(13)4-7(12)6-2-3-16-10(6)9/h2-5H,1H3,(H,14,15). The van der Waals surface area contributed by atoms with E-state index in [4.69, 9.17) is 9.52 Å². The van der Waals surface area contributed by atoms with Crippen molar-refractivity contribution in [2.24, 2.45) is 0 Å². The molecule has 1 unspecified atom stereocenters. The van der Waals surface area contributed by atoms with Gasteiger partial charge in [0.05, 0.1) is 17.6 Å². The van der Waals surface area contributed by atoms with E-state index in [9.17, 15) is 13.6 Å². The quantitative estimate of drug-likeness (QED) is 0.856. The van der Waals surface area contributed by atoms with E-state index >= 15 is 0 Å². The first-order chi connectivity index (χ1) is 7.52. The molecule has 1 aromatic carbocycles. The van der Waals surface area contributed by atoms with E-state index in [1.165, 1.54) is 19.3 Å². The summed E-state index contributed by atoms with van der Waals surface area (Å²) in [6.45, 7) is 1.32. The minimum Gasteiger partial charge on any atom is -0.481 e. The zero-order chi connectivity index (χ0) is 11.9. The fourth-order valence-corrected chi connectivity index (χ4v) is 1.61. The average Bonchev–Trinajstić information content (AvgIpc) is 2.66. The second-order valence-electron chi connectivity index (χ2n) is 3.48. The predicted molar refractivity (Wildman–Crippen MR) is 52.2 cm³/mol. The zero-order valence-electron chi connectivity index (χ0n) is 8.33. The van der Waals surface area contributed by atoms with Gasteiger partial charge >= 0.3 is 5.97 Å². The van der Waals surface area contributed by atoms with Crippen molar-refractivity contribution >= 4 is 16.9 Å². The Bertz CT molecular complexity index is 560. The third-order valence-corrected chi connectivity index (χ3v) is 2.48. The van der Waals surface area contributed by atoms with Crippen LogP contribution >= 0.6 is 0 Å². The van der Waals surface area contributed by atoms with E-state index in [2.05, 4.69) is 0 Å². The van der Waals surface area contributed by atoms with Gasteiger partial charge in [-0.1, -0.05) is 0 Å². The Balaban J connectivity index is 2.77. The number of hydrogen-bond donors (Lipinski definition) is 1. The number of fused-ring (bicyclic) bond motifs is 1. The smallest absolute Gasteiger partial charge is 0.310 e. The Hall–Kier alpha value is -1.91. The summed E-state index contributed by atoms with van der Waals surface area (Å²) in [5.74, 6) is -3.95. The van der Waals surface area contributed by atoms with Crippen LogP contribution in [0.1, 0.15) is 18.4 Å². The minimum atomic E-state index is -1.19. The molecule has 0 aliphatic rings. The van der Waals surface area contributed by atoms with E-state index in [-0.39, 0.29) is 16.5 Å². The molecular formula is C11H8F2O3. The highest BCUT2D eigenvalue weighted by Crippen LogP contribution is 2.31. The molecule has 2 rings (SSSR count). The van der Waals surface area contributed by atoms with Gasteiger partial charge in [-0.2, -0.15) is 0 Å². The van der Waals surface area contributed by atoms with E-state index < -0.39 is 23.5 Å². The topological polar surface area (TPSA) is 50.4 Å². The zero-order valence-corrected chi connectivity index (χ0v) is 8.33. The Kier molecular flexibility index (Phi) is 2.38. The van der Waals surface area contributed by atoms with Crippen LogP contribution in [0.3, 0.4) is 0 Å². The van der Waals surface area contributed by atoms with Gasteiger partial charge in [0, 0.05) is 11.6 Å². The van der Waals surface area contributed by atoms with Gasteiger partial charge in [0.2, 0.25) is 0 Å². The fraction of sp³-hybridized carbons (Fsp3) is 0.182. The molecule has 3 nitrogen and oxygen atoms in total. The van der Waals surface area contributed by atoms with Crippen molar-refractivity contribution in [3.8, 4) is 0 Å². The molecule has 16 heavy (non-hydrogen) atoms. The molecule has 0 aliphatic heterocycles. The van der Waals surface area contributed by atoms with Crippen LogP contribution in [0.25, 0.3) is 11.0 Å². The molecule has 1 N–H and O–H groups in total. The first-order valence-corrected chi connectivity index (χ1v) is 4.60. The van der Waals surface area contributed by atoms with Crippen molar-refractivity contribution in [2.75, 3.05) is 0 Å². The number of carboxylic acids is 1. The maximum Gasteiger partial charge on any atom is 0.310 e. The largest absolute Gasteiger partial charge is 0.481 e. The molecule has 1 aromatic heterocycles. The molecule has 0 aliphatic carbocycles. The molecule has 2 aromatic rings. The lowest BCUT2D eigenvalue weighted by Crippen LogP contribution is -2.10. The molecule has 1 heterocycles. The van der Waals surface area contributed by atoms with Crippen LogP contribution in [0, 0.1) is 11.6 Å². The molecular weight excluding hydrogens is 218 g/mol. The lowest BCUT2D eigenvalue weighted by molar-refractivity contribution is -0.138. The lowest BCUT2D eigenvalue weighted by atomic mass is 9.98. The molecule has 0 saturated heterocycles. The van der Waals surface area contributed by atoms with E-state index in [0.29, 0.717) is 6.07 Å². The number of furan rings is 1. The molecule has 1 atom stereocenters. The van der Waals surface area contributed by atoms with Gasteiger partial charge in [-0.3, -0.25) is 4.79 Å². The van der Waals surface area contributed by atoms with E-state index in [0.717, 1.165) is 0 Å². The highest BCUT2D eigenvalue weighted by Gasteiger charge is 2.24. The highest BCUT2D eigenvalue weighted by atomic mass is 19.1. The van der Waals surface area contributed by atoms with Crippen LogP contribution in [0.2, 0.25) is 0 Å². The molecule has 0 spiro atoms. The number of carboxylic acid groups (broad SMARTS) is 1. The monoisotopic (exact) mass is 226 g/mol. The first-order valence-electron chi connectivity index (χ1n) is 4.60. The van der Waals surface area contributed by atoms with Crippen molar-refractivity contribution in [2.45, 2.75) is 12.8 Å². The van der Waals surface area contributed by atoms with Crippen LogP contribution in [0.4, 0.5) is 8.78 Å². The summed E-state index contributed by atoms with van der Waals surface area (Å²) in [7, 11) is 0. The molecule has 0 fully saturated rings. The summed E-state index contributed by atoms with van der Waals surface area (Å²) in [4.78, 5) is 10.8. The second-order valence-corrected chi connectivity index (χ2v) is 3.48. The van der Waals surface area contributed by atoms with Gasteiger partial charge in [-0.15, -0.1) is 0 Å². The number of carbonyl (C=O) groups is 1. The number of benzene rings is 1. The van der Waals surface area contributed by atoms with Gasteiger partial charge in [-0.25, -0.2) is 8.78 Å². The minimum absolute atomic E-state index is 0.0487. The fourth-order valence-electron chi connectivity index (χ4n) is 1.61. The number of aliphatic carboxylic acids is 1. The SMILES string of the molecule is CC(C(=O)O)c1c(F)cc(F)c2ccoc12. The van der Waals surface area contributed by atoms with Gasteiger partial charge in [-0.05, 0) is 13.0 Å². The Morgan fingerprint density at radius 3 is 2.75 bits per heavy atom. The molecule has 0 radical (unpaired) electrons. The number of rotatable bonds is 2. The van der Waals surface area contributed by atoms with Crippen LogP contribution in [0.5, 0.6) is 0 Å². The third kappa shape index (κ3) is 1.44. The van der Waals surface area contributed by atoms with E-state index in [1.807, 2.05) is 0 Å². The van der Waals surface area contributed by atoms with Gasteiger partial charge in [0.15, 0.2) is 0 Å². The first kappa shape index (κ1) is 10.6. The third-order valence-electron chi connectivity index (χ3n) is 2.48. The molecule has 0 saturated carbocycles.